The molecule has 0 saturated carbocycles. The largest absolute Gasteiger partial charge is 0.295 e. The molecule has 0 N–H and O–H groups in total. The Balaban J connectivity index is 2.12. The third kappa shape index (κ3) is 4.14. The van der Waals surface area contributed by atoms with E-state index in [1.54, 1.807) is 37.3 Å². The molecule has 0 aliphatic carbocycles. The number of sulfonamides is 1. The molecule has 1 aliphatic heterocycles. The smallest absolute Gasteiger partial charge is 0.265 e. The molecule has 3 rings (SSSR count). The third-order valence-corrected chi connectivity index (χ3v) is 7.06. The van der Waals surface area contributed by atoms with Gasteiger partial charge in [0.1, 0.15) is 5.84 Å². The van der Waals surface area contributed by atoms with Crippen LogP contribution in [-0.4, -0.2) is 31.4 Å². The molecule has 0 bridgehead atoms. The molecule has 156 valence electrons. The Morgan fingerprint density at radius 3 is 2.13 bits per heavy atom. The number of Topliss-reactive ketones (excluding diaryl/α,β-unsaturated/α-hetero) is 1. The molecule has 0 aromatic heterocycles. The first-order chi connectivity index (χ1) is 14.1. The monoisotopic (exact) mass is 422 g/mol. The molecule has 0 fully saturated rings. The number of ketones is 1. The quantitative estimate of drug-likeness (QED) is 0.722. The lowest BCUT2D eigenvalue weighted by Gasteiger charge is -2.21. The molecule has 2 aromatic rings. The number of rotatable bonds is 4. The van der Waals surface area contributed by atoms with Gasteiger partial charge >= 0.3 is 0 Å². The molecule has 0 amide bonds. The van der Waals surface area contributed by atoms with E-state index < -0.39 is 10.0 Å². The van der Waals surface area contributed by atoms with E-state index in [4.69, 9.17) is 0 Å². The van der Waals surface area contributed by atoms with Gasteiger partial charge in [-0.3, -0.25) is 9.10 Å². The lowest BCUT2D eigenvalue weighted by atomic mass is 9.83. The minimum atomic E-state index is -3.79. The summed E-state index contributed by atoms with van der Waals surface area (Å²) in [7, 11) is -2.30. The summed E-state index contributed by atoms with van der Waals surface area (Å²) in [5.74, 6) is -0.0775. The first-order valence-electron chi connectivity index (χ1n) is 9.72. The van der Waals surface area contributed by atoms with Crippen LogP contribution in [-0.2, 0) is 14.8 Å². The van der Waals surface area contributed by atoms with Crippen LogP contribution in [0.3, 0.4) is 0 Å². The number of carbonyl (C=O) groups is 1. The van der Waals surface area contributed by atoms with Crippen LogP contribution >= 0.6 is 0 Å². The molecule has 1 aliphatic rings. The zero-order chi connectivity index (χ0) is 22.1. The second-order valence-electron chi connectivity index (χ2n) is 7.54. The summed E-state index contributed by atoms with van der Waals surface area (Å²) in [4.78, 5) is 17.3. The summed E-state index contributed by atoms with van der Waals surface area (Å²) in [6, 6.07) is 16.4. The maximum atomic E-state index is 13.2. The topological polar surface area (TPSA) is 66.8 Å². The second kappa shape index (κ2) is 8.40. The number of allylic oxidation sites excluding steroid dienone is 3. The van der Waals surface area contributed by atoms with Gasteiger partial charge in [0.05, 0.1) is 4.90 Å². The molecule has 5 nitrogen and oxygen atoms in total. The minimum absolute atomic E-state index is 0.0804. The first-order valence-corrected chi connectivity index (χ1v) is 11.2. The van der Waals surface area contributed by atoms with Gasteiger partial charge in [-0.05, 0) is 51.5 Å². The average Bonchev–Trinajstić information content (AvgIpc) is 2.84. The summed E-state index contributed by atoms with van der Waals surface area (Å²) >= 11 is 0. The summed E-state index contributed by atoms with van der Waals surface area (Å²) < 4.78 is 27.5. The van der Waals surface area contributed by atoms with E-state index in [-0.39, 0.29) is 22.4 Å². The zero-order valence-corrected chi connectivity index (χ0v) is 18.7. The van der Waals surface area contributed by atoms with Crippen LogP contribution in [0.5, 0.6) is 0 Å². The van der Waals surface area contributed by atoms with Gasteiger partial charge < -0.3 is 0 Å². The Morgan fingerprint density at radius 2 is 1.57 bits per heavy atom. The molecular formula is C24H26N2O3S. The normalized spacial score (nSPS) is 17.2. The minimum Gasteiger partial charge on any atom is -0.295 e. The first kappa shape index (κ1) is 21.7. The Bertz CT molecular complexity index is 1160. The van der Waals surface area contributed by atoms with Crippen LogP contribution in [0.4, 0.5) is 0 Å². The molecule has 0 unspecified atom stereocenters. The fraction of sp³-hybridized carbons (Fsp3) is 0.250. The Hall–Kier alpha value is -2.99. The van der Waals surface area contributed by atoms with Gasteiger partial charge in [-0.1, -0.05) is 53.6 Å². The van der Waals surface area contributed by atoms with E-state index in [1.807, 2.05) is 44.2 Å². The highest BCUT2D eigenvalue weighted by Gasteiger charge is 2.30. The van der Waals surface area contributed by atoms with E-state index in [0.29, 0.717) is 11.3 Å². The standard InChI is InChI=1S/C24H26N2O3S/c1-16-11-13-21(14-12-16)30(28,29)26(5)22-15-17(2)23(20-9-7-6-8-10-20)24(19(4)27)18(3)25-22/h6-15,23H,1-5H3/t23-/m0/s1. The van der Waals surface area contributed by atoms with E-state index in [1.165, 1.54) is 18.3 Å². The SMILES string of the molecule is CC(=O)C1=C(C)N=C(N(C)S(=O)(=O)c2ccc(C)cc2)C=C(C)[C@H]1c1ccccc1. The van der Waals surface area contributed by atoms with Crippen molar-refractivity contribution in [2.75, 3.05) is 7.05 Å². The number of nitrogens with zero attached hydrogens (tertiary/aromatic N) is 2. The highest BCUT2D eigenvalue weighted by atomic mass is 32.2. The lowest BCUT2D eigenvalue weighted by Crippen LogP contribution is -2.32. The zero-order valence-electron chi connectivity index (χ0n) is 17.9. The van der Waals surface area contributed by atoms with Crippen molar-refractivity contribution >= 4 is 21.6 Å². The number of amidine groups is 1. The molecule has 2 aromatic carbocycles. The van der Waals surface area contributed by atoms with Crippen molar-refractivity contribution in [3.63, 3.8) is 0 Å². The van der Waals surface area contributed by atoms with Crippen LogP contribution in [0.1, 0.15) is 37.8 Å². The van der Waals surface area contributed by atoms with Gasteiger partial charge in [0.25, 0.3) is 10.0 Å². The number of likely N-dealkylation sites (N-methyl/N-ethyl adjacent to an activating group) is 1. The van der Waals surface area contributed by atoms with Crippen molar-refractivity contribution < 1.29 is 13.2 Å². The predicted molar refractivity (Wildman–Crippen MR) is 120 cm³/mol. The number of carbonyl (C=O) groups excluding carboxylic acids is 1. The number of hydrogen-bond donors (Lipinski definition) is 0. The van der Waals surface area contributed by atoms with Gasteiger partial charge in [-0.2, -0.15) is 0 Å². The molecule has 1 atom stereocenters. The summed E-state index contributed by atoms with van der Waals surface area (Å²) in [5.41, 5.74) is 3.90. The highest BCUT2D eigenvalue weighted by Crippen LogP contribution is 2.36. The van der Waals surface area contributed by atoms with Gasteiger partial charge in [-0.15, -0.1) is 0 Å². The van der Waals surface area contributed by atoms with E-state index in [0.717, 1.165) is 16.7 Å². The third-order valence-electron chi connectivity index (χ3n) is 5.29. The van der Waals surface area contributed by atoms with E-state index in [2.05, 4.69) is 4.99 Å². The lowest BCUT2D eigenvalue weighted by molar-refractivity contribution is -0.113. The molecule has 0 saturated heterocycles. The number of hydrogen-bond acceptors (Lipinski definition) is 4. The predicted octanol–water partition coefficient (Wildman–Crippen LogP) is 4.62. The van der Waals surface area contributed by atoms with Crippen molar-refractivity contribution in [1.29, 1.82) is 0 Å². The van der Waals surface area contributed by atoms with Crippen LogP contribution in [0, 0.1) is 6.92 Å². The van der Waals surface area contributed by atoms with Crippen LogP contribution in [0.2, 0.25) is 0 Å². The van der Waals surface area contributed by atoms with Gasteiger partial charge in [0, 0.05) is 24.2 Å². The van der Waals surface area contributed by atoms with Gasteiger partial charge in [-0.25, -0.2) is 13.4 Å². The molecule has 1 heterocycles. The second-order valence-corrected chi connectivity index (χ2v) is 9.51. The number of aliphatic imine (C=N–C) groups is 1. The maximum Gasteiger partial charge on any atom is 0.265 e. The van der Waals surface area contributed by atoms with Crippen molar-refractivity contribution in [1.82, 2.24) is 4.31 Å². The summed E-state index contributed by atoms with van der Waals surface area (Å²) in [5, 5.41) is 0. The van der Waals surface area contributed by atoms with Crippen molar-refractivity contribution in [3.05, 3.63) is 88.6 Å². The molecule has 6 heteroatoms. The van der Waals surface area contributed by atoms with Crippen molar-refractivity contribution in [3.8, 4) is 0 Å². The maximum absolute atomic E-state index is 13.2. The van der Waals surface area contributed by atoms with Gasteiger partial charge in [0.2, 0.25) is 0 Å². The summed E-state index contributed by atoms with van der Waals surface area (Å²) in [6.45, 7) is 7.09. The molecule has 30 heavy (non-hydrogen) atoms. The number of aryl methyl sites for hydroxylation is 1. The van der Waals surface area contributed by atoms with Crippen LogP contribution in [0.15, 0.2) is 87.4 Å². The van der Waals surface area contributed by atoms with Crippen LogP contribution < -0.4 is 0 Å². The van der Waals surface area contributed by atoms with E-state index >= 15 is 0 Å². The average molecular weight is 423 g/mol. The Labute approximate surface area is 178 Å². The Morgan fingerprint density at radius 1 is 0.967 bits per heavy atom. The molecular weight excluding hydrogens is 396 g/mol. The highest BCUT2D eigenvalue weighted by molar-refractivity contribution is 7.89. The Kier molecular flexibility index (Phi) is 6.08. The van der Waals surface area contributed by atoms with Gasteiger partial charge in [0.15, 0.2) is 5.78 Å². The number of benzene rings is 2. The summed E-state index contributed by atoms with van der Waals surface area (Å²) in [6.07, 6.45) is 1.75. The molecule has 0 spiro atoms. The van der Waals surface area contributed by atoms with E-state index in [9.17, 15) is 13.2 Å². The van der Waals surface area contributed by atoms with Crippen molar-refractivity contribution in [2.45, 2.75) is 38.5 Å². The fourth-order valence-corrected chi connectivity index (χ4v) is 4.81. The molecule has 0 radical (unpaired) electrons. The fourth-order valence-electron chi connectivity index (χ4n) is 3.67. The van der Waals surface area contributed by atoms with Crippen molar-refractivity contribution in [2.24, 2.45) is 4.99 Å². The van der Waals surface area contributed by atoms with Crippen LogP contribution in [0.25, 0.3) is 0 Å².